The Morgan fingerprint density at radius 1 is 1.20 bits per heavy atom. The van der Waals surface area contributed by atoms with Crippen LogP contribution in [0.3, 0.4) is 0 Å². The van der Waals surface area contributed by atoms with Crippen LogP contribution in [0.2, 0.25) is 0 Å². The topological polar surface area (TPSA) is 38.3 Å². The molecule has 0 bridgehead atoms. The highest BCUT2D eigenvalue weighted by Gasteiger charge is 2.23. The van der Waals surface area contributed by atoms with Crippen LogP contribution in [0.25, 0.3) is 0 Å². The van der Waals surface area contributed by atoms with E-state index >= 15 is 0 Å². The van der Waals surface area contributed by atoms with Gasteiger partial charge in [-0.3, -0.25) is 4.79 Å². The maximum atomic E-state index is 11.6. The molecule has 1 aromatic rings. The molecule has 3 nitrogen and oxygen atoms in total. The van der Waals surface area contributed by atoms with E-state index in [1.165, 1.54) is 0 Å². The first-order chi connectivity index (χ1) is 6.93. The summed E-state index contributed by atoms with van der Waals surface area (Å²) < 4.78 is 5.21. The van der Waals surface area contributed by atoms with Crippen molar-refractivity contribution >= 4 is 11.7 Å². The number of carbonyl (C=O) groups is 1. The summed E-state index contributed by atoms with van der Waals surface area (Å²) >= 11 is 0. The molecule has 0 saturated heterocycles. The summed E-state index contributed by atoms with van der Waals surface area (Å²) in [7, 11) is 1.84. The summed E-state index contributed by atoms with van der Waals surface area (Å²) in [6.45, 7) is 5.49. The van der Waals surface area contributed by atoms with Gasteiger partial charge in [0.15, 0.2) is 0 Å². The summed E-state index contributed by atoms with van der Waals surface area (Å²) in [5.41, 5.74) is 0.521. The van der Waals surface area contributed by atoms with E-state index in [0.29, 0.717) is 5.75 Å². The Morgan fingerprint density at radius 3 is 2.13 bits per heavy atom. The Labute approximate surface area is 90.4 Å². The van der Waals surface area contributed by atoms with Crippen LogP contribution in [0.4, 0.5) is 5.69 Å². The number of rotatable bonds is 2. The Bertz CT molecular complexity index is 336. The molecule has 1 N–H and O–H groups in total. The molecule has 0 aliphatic carbocycles. The first-order valence-electron chi connectivity index (χ1n) is 4.93. The highest BCUT2D eigenvalue weighted by atomic mass is 16.5. The van der Waals surface area contributed by atoms with Gasteiger partial charge in [-0.05, 0) is 45.0 Å². The van der Waals surface area contributed by atoms with Gasteiger partial charge in [0.1, 0.15) is 5.75 Å². The van der Waals surface area contributed by atoms with Crippen LogP contribution in [0.5, 0.6) is 5.75 Å². The number of ether oxygens (including phenoxy) is 1. The number of esters is 1. The average Bonchev–Trinajstić information content (AvgIpc) is 2.17. The SMILES string of the molecule is CNc1ccc(OC(=O)C(C)(C)C)cc1. The van der Waals surface area contributed by atoms with E-state index in [4.69, 9.17) is 4.74 Å². The van der Waals surface area contributed by atoms with Crippen molar-refractivity contribution in [3.05, 3.63) is 24.3 Å². The van der Waals surface area contributed by atoms with E-state index < -0.39 is 5.41 Å². The lowest BCUT2D eigenvalue weighted by Gasteiger charge is -2.16. The molecule has 0 unspecified atom stereocenters. The van der Waals surface area contributed by atoms with Gasteiger partial charge >= 0.3 is 5.97 Å². The molecule has 0 aliphatic rings. The van der Waals surface area contributed by atoms with Gasteiger partial charge in [0.25, 0.3) is 0 Å². The first-order valence-corrected chi connectivity index (χ1v) is 4.93. The van der Waals surface area contributed by atoms with E-state index in [2.05, 4.69) is 5.32 Å². The molecular formula is C12H17NO2. The third-order valence-corrected chi connectivity index (χ3v) is 1.97. The number of hydrogen-bond acceptors (Lipinski definition) is 3. The van der Waals surface area contributed by atoms with Crippen LogP contribution in [0.1, 0.15) is 20.8 Å². The third-order valence-electron chi connectivity index (χ3n) is 1.97. The Hall–Kier alpha value is -1.51. The van der Waals surface area contributed by atoms with Crippen molar-refractivity contribution in [2.75, 3.05) is 12.4 Å². The maximum absolute atomic E-state index is 11.6. The fraction of sp³-hybridized carbons (Fsp3) is 0.417. The molecule has 0 spiro atoms. The van der Waals surface area contributed by atoms with E-state index in [9.17, 15) is 4.79 Å². The average molecular weight is 207 g/mol. The van der Waals surface area contributed by atoms with Crippen molar-refractivity contribution < 1.29 is 9.53 Å². The number of benzene rings is 1. The molecule has 0 radical (unpaired) electrons. The lowest BCUT2D eigenvalue weighted by Crippen LogP contribution is -2.25. The van der Waals surface area contributed by atoms with Crippen LogP contribution in [0.15, 0.2) is 24.3 Å². The van der Waals surface area contributed by atoms with Crippen molar-refractivity contribution in [1.29, 1.82) is 0 Å². The van der Waals surface area contributed by atoms with E-state index in [-0.39, 0.29) is 5.97 Å². The van der Waals surface area contributed by atoms with Gasteiger partial charge in [0.2, 0.25) is 0 Å². The van der Waals surface area contributed by atoms with E-state index in [0.717, 1.165) is 5.69 Å². The summed E-state index contributed by atoms with van der Waals surface area (Å²) in [5, 5.41) is 3.00. The van der Waals surface area contributed by atoms with Crippen LogP contribution in [-0.4, -0.2) is 13.0 Å². The second kappa shape index (κ2) is 4.34. The lowest BCUT2D eigenvalue weighted by molar-refractivity contribution is -0.142. The molecule has 1 rings (SSSR count). The molecule has 1 aromatic carbocycles. The number of carbonyl (C=O) groups excluding carboxylic acids is 1. The van der Waals surface area contributed by atoms with Crippen LogP contribution in [-0.2, 0) is 4.79 Å². The molecule has 15 heavy (non-hydrogen) atoms. The normalized spacial score (nSPS) is 10.9. The third kappa shape index (κ3) is 3.27. The van der Waals surface area contributed by atoms with Crippen LogP contribution < -0.4 is 10.1 Å². The van der Waals surface area contributed by atoms with Crippen LogP contribution in [0, 0.1) is 5.41 Å². The second-order valence-corrected chi connectivity index (χ2v) is 4.41. The molecule has 0 heterocycles. The fourth-order valence-electron chi connectivity index (χ4n) is 0.950. The maximum Gasteiger partial charge on any atom is 0.316 e. The minimum absolute atomic E-state index is 0.222. The molecule has 3 heteroatoms. The van der Waals surface area contributed by atoms with Crippen molar-refractivity contribution in [3.8, 4) is 5.75 Å². The molecule has 0 aliphatic heterocycles. The summed E-state index contributed by atoms with van der Waals surface area (Å²) in [5.74, 6) is 0.355. The quantitative estimate of drug-likeness (QED) is 0.598. The highest BCUT2D eigenvalue weighted by Crippen LogP contribution is 2.20. The Morgan fingerprint density at radius 2 is 1.73 bits per heavy atom. The molecule has 0 aromatic heterocycles. The molecule has 0 atom stereocenters. The molecule has 0 fully saturated rings. The molecule has 0 amide bonds. The monoisotopic (exact) mass is 207 g/mol. The molecule has 82 valence electrons. The largest absolute Gasteiger partial charge is 0.426 e. The summed E-state index contributed by atoms with van der Waals surface area (Å²) in [6.07, 6.45) is 0. The Balaban J connectivity index is 2.70. The zero-order valence-electron chi connectivity index (χ0n) is 9.63. The Kier molecular flexibility index (Phi) is 3.35. The van der Waals surface area contributed by atoms with Crippen molar-refractivity contribution in [3.63, 3.8) is 0 Å². The first kappa shape index (κ1) is 11.6. The number of nitrogens with one attached hydrogen (secondary N) is 1. The van der Waals surface area contributed by atoms with Gasteiger partial charge < -0.3 is 10.1 Å². The lowest BCUT2D eigenvalue weighted by atomic mass is 9.97. The van der Waals surface area contributed by atoms with E-state index in [1.54, 1.807) is 12.1 Å². The van der Waals surface area contributed by atoms with Crippen molar-refractivity contribution in [2.24, 2.45) is 5.41 Å². The van der Waals surface area contributed by atoms with Gasteiger partial charge in [-0.1, -0.05) is 0 Å². The molecular weight excluding hydrogens is 190 g/mol. The zero-order valence-corrected chi connectivity index (χ0v) is 9.63. The van der Waals surface area contributed by atoms with Gasteiger partial charge in [0, 0.05) is 12.7 Å². The second-order valence-electron chi connectivity index (χ2n) is 4.41. The van der Waals surface area contributed by atoms with Crippen molar-refractivity contribution in [2.45, 2.75) is 20.8 Å². The number of hydrogen-bond donors (Lipinski definition) is 1. The van der Waals surface area contributed by atoms with E-state index in [1.807, 2.05) is 40.0 Å². The predicted molar refractivity (Wildman–Crippen MR) is 61.1 cm³/mol. The summed E-state index contributed by atoms with van der Waals surface area (Å²) in [4.78, 5) is 11.6. The van der Waals surface area contributed by atoms with Crippen LogP contribution >= 0.6 is 0 Å². The minimum Gasteiger partial charge on any atom is -0.426 e. The predicted octanol–water partition coefficient (Wildman–Crippen LogP) is 2.68. The van der Waals surface area contributed by atoms with Crippen molar-refractivity contribution in [1.82, 2.24) is 0 Å². The zero-order chi connectivity index (χ0) is 11.5. The highest BCUT2D eigenvalue weighted by molar-refractivity contribution is 5.77. The van der Waals surface area contributed by atoms with Gasteiger partial charge in [-0.25, -0.2) is 0 Å². The standard InChI is InChI=1S/C12H17NO2/c1-12(2,3)11(14)15-10-7-5-9(13-4)6-8-10/h5-8,13H,1-4H3. The van der Waals surface area contributed by atoms with Gasteiger partial charge in [-0.15, -0.1) is 0 Å². The van der Waals surface area contributed by atoms with Gasteiger partial charge in [-0.2, -0.15) is 0 Å². The summed E-state index contributed by atoms with van der Waals surface area (Å²) in [6, 6.07) is 7.28. The van der Waals surface area contributed by atoms with Gasteiger partial charge in [0.05, 0.1) is 5.41 Å². The fourth-order valence-corrected chi connectivity index (χ4v) is 0.950. The smallest absolute Gasteiger partial charge is 0.316 e. The minimum atomic E-state index is -0.471. The molecule has 0 saturated carbocycles. The number of anilines is 1.